The van der Waals surface area contributed by atoms with Crippen LogP contribution in [-0.2, 0) is 0 Å². The van der Waals surface area contributed by atoms with E-state index < -0.39 is 0 Å². The van der Waals surface area contributed by atoms with E-state index in [1.165, 1.54) is 16.7 Å². The maximum atomic E-state index is 5.34. The molecule has 0 aliphatic carbocycles. The molecule has 2 aromatic rings. The van der Waals surface area contributed by atoms with E-state index in [2.05, 4.69) is 44.3 Å². The number of hydrogen-bond donors (Lipinski definition) is 1. The van der Waals surface area contributed by atoms with Crippen molar-refractivity contribution in [3.63, 3.8) is 0 Å². The molecular weight excluding hydrogens is 262 g/mol. The molecule has 3 heteroatoms. The Kier molecular flexibility index (Phi) is 4.73. The minimum atomic E-state index is 0.226. The quantitative estimate of drug-likeness (QED) is 0.877. The molecule has 0 fully saturated rings. The van der Waals surface area contributed by atoms with Gasteiger partial charge in [-0.1, -0.05) is 23.8 Å². The number of anilines is 1. The van der Waals surface area contributed by atoms with Gasteiger partial charge in [-0.3, -0.25) is 0 Å². The highest BCUT2D eigenvalue weighted by Gasteiger charge is 2.10. The number of aryl methyl sites for hydroxylation is 2. The zero-order chi connectivity index (χ0) is 15.4. The fourth-order valence-electron chi connectivity index (χ4n) is 2.57. The lowest BCUT2D eigenvalue weighted by molar-refractivity contribution is 0.355. The highest BCUT2D eigenvalue weighted by molar-refractivity contribution is 5.56. The summed E-state index contributed by atoms with van der Waals surface area (Å²) in [6.45, 7) is 6.42. The Labute approximate surface area is 126 Å². The predicted octanol–water partition coefficient (Wildman–Crippen LogP) is 4.49. The van der Waals surface area contributed by atoms with Gasteiger partial charge >= 0.3 is 0 Å². The molecule has 112 valence electrons. The maximum absolute atomic E-state index is 5.34. The average Bonchev–Trinajstić information content (AvgIpc) is 2.46. The third kappa shape index (κ3) is 3.48. The number of nitrogens with one attached hydrogen (secondary N) is 1. The zero-order valence-corrected chi connectivity index (χ0v) is 13.4. The van der Waals surface area contributed by atoms with Crippen molar-refractivity contribution in [1.82, 2.24) is 0 Å². The number of benzene rings is 2. The molecule has 0 saturated carbocycles. The summed E-state index contributed by atoms with van der Waals surface area (Å²) in [7, 11) is 3.29. The molecule has 2 aromatic carbocycles. The smallest absolute Gasteiger partial charge is 0.162 e. The minimum absolute atomic E-state index is 0.226. The third-order valence-electron chi connectivity index (χ3n) is 3.66. The Morgan fingerprint density at radius 3 is 2.24 bits per heavy atom. The van der Waals surface area contributed by atoms with Gasteiger partial charge in [-0.15, -0.1) is 0 Å². The fraction of sp³-hybridized carbons (Fsp3) is 0.333. The van der Waals surface area contributed by atoms with Crippen molar-refractivity contribution in [2.45, 2.75) is 26.8 Å². The SMILES string of the molecule is COc1ccc(NC(C)c2ccc(C)cc2C)cc1OC. The van der Waals surface area contributed by atoms with Crippen LogP contribution in [0.5, 0.6) is 11.5 Å². The largest absolute Gasteiger partial charge is 0.493 e. The maximum Gasteiger partial charge on any atom is 0.162 e. The summed E-state index contributed by atoms with van der Waals surface area (Å²) in [4.78, 5) is 0. The first-order valence-corrected chi connectivity index (χ1v) is 7.11. The molecule has 0 spiro atoms. The molecule has 21 heavy (non-hydrogen) atoms. The van der Waals surface area contributed by atoms with Gasteiger partial charge in [0.05, 0.1) is 14.2 Å². The molecule has 0 saturated heterocycles. The number of hydrogen-bond acceptors (Lipinski definition) is 3. The van der Waals surface area contributed by atoms with E-state index >= 15 is 0 Å². The van der Waals surface area contributed by atoms with Crippen LogP contribution in [0.4, 0.5) is 5.69 Å². The summed E-state index contributed by atoms with van der Waals surface area (Å²) < 4.78 is 10.6. The van der Waals surface area contributed by atoms with Crippen molar-refractivity contribution in [2.75, 3.05) is 19.5 Å². The first-order valence-electron chi connectivity index (χ1n) is 7.11. The number of methoxy groups -OCH3 is 2. The number of rotatable bonds is 5. The molecule has 0 amide bonds. The Morgan fingerprint density at radius 2 is 1.62 bits per heavy atom. The van der Waals surface area contributed by atoms with Crippen LogP contribution in [0.15, 0.2) is 36.4 Å². The first-order chi connectivity index (χ1) is 10.0. The fourth-order valence-corrected chi connectivity index (χ4v) is 2.57. The Hall–Kier alpha value is -2.16. The first kappa shape index (κ1) is 15.2. The van der Waals surface area contributed by atoms with E-state index in [4.69, 9.17) is 9.47 Å². The van der Waals surface area contributed by atoms with E-state index in [0.29, 0.717) is 0 Å². The van der Waals surface area contributed by atoms with Gasteiger partial charge in [-0.25, -0.2) is 0 Å². The summed E-state index contributed by atoms with van der Waals surface area (Å²) in [5, 5.41) is 3.51. The van der Waals surface area contributed by atoms with Gasteiger partial charge in [-0.2, -0.15) is 0 Å². The summed E-state index contributed by atoms with van der Waals surface area (Å²) in [6.07, 6.45) is 0. The van der Waals surface area contributed by atoms with Crippen molar-refractivity contribution in [3.05, 3.63) is 53.1 Å². The van der Waals surface area contributed by atoms with Gasteiger partial charge in [0.2, 0.25) is 0 Å². The summed E-state index contributed by atoms with van der Waals surface area (Å²) in [5.41, 5.74) is 4.90. The van der Waals surface area contributed by atoms with Gasteiger partial charge < -0.3 is 14.8 Å². The van der Waals surface area contributed by atoms with Crippen LogP contribution >= 0.6 is 0 Å². The lowest BCUT2D eigenvalue weighted by Gasteiger charge is -2.19. The summed E-state index contributed by atoms with van der Waals surface area (Å²) in [6, 6.07) is 12.6. The molecule has 0 radical (unpaired) electrons. The van der Waals surface area contributed by atoms with Crippen LogP contribution in [0, 0.1) is 13.8 Å². The molecular formula is C18H23NO2. The Bertz CT molecular complexity index is 623. The Morgan fingerprint density at radius 1 is 0.905 bits per heavy atom. The van der Waals surface area contributed by atoms with Crippen LogP contribution in [0.3, 0.4) is 0 Å². The summed E-state index contributed by atoms with van der Waals surface area (Å²) in [5.74, 6) is 1.47. The van der Waals surface area contributed by atoms with Crippen LogP contribution in [-0.4, -0.2) is 14.2 Å². The monoisotopic (exact) mass is 285 g/mol. The normalized spacial score (nSPS) is 11.9. The topological polar surface area (TPSA) is 30.5 Å². The highest BCUT2D eigenvalue weighted by Crippen LogP contribution is 2.31. The standard InChI is InChI=1S/C18H23NO2/c1-12-6-8-16(13(2)10-12)14(3)19-15-7-9-17(20-4)18(11-15)21-5/h6-11,14,19H,1-5H3. The van der Waals surface area contributed by atoms with Crippen molar-refractivity contribution < 1.29 is 9.47 Å². The van der Waals surface area contributed by atoms with Crippen LogP contribution in [0.25, 0.3) is 0 Å². The zero-order valence-electron chi connectivity index (χ0n) is 13.4. The van der Waals surface area contributed by atoms with Gasteiger partial charge in [0.25, 0.3) is 0 Å². The molecule has 1 N–H and O–H groups in total. The van der Waals surface area contributed by atoms with Crippen molar-refractivity contribution in [1.29, 1.82) is 0 Å². The lowest BCUT2D eigenvalue weighted by Crippen LogP contribution is -2.08. The van der Waals surface area contributed by atoms with Gasteiger partial charge in [-0.05, 0) is 44.0 Å². The molecule has 0 aliphatic rings. The van der Waals surface area contributed by atoms with E-state index in [9.17, 15) is 0 Å². The summed E-state index contributed by atoms with van der Waals surface area (Å²) >= 11 is 0. The molecule has 0 aliphatic heterocycles. The van der Waals surface area contributed by atoms with E-state index in [1.54, 1.807) is 14.2 Å². The van der Waals surface area contributed by atoms with E-state index in [1.807, 2.05) is 18.2 Å². The van der Waals surface area contributed by atoms with Gasteiger partial charge in [0, 0.05) is 17.8 Å². The molecule has 0 heterocycles. The minimum Gasteiger partial charge on any atom is -0.493 e. The molecule has 1 atom stereocenters. The van der Waals surface area contributed by atoms with Crippen molar-refractivity contribution in [3.8, 4) is 11.5 Å². The number of ether oxygens (including phenoxy) is 2. The highest BCUT2D eigenvalue weighted by atomic mass is 16.5. The predicted molar refractivity (Wildman–Crippen MR) is 87.5 cm³/mol. The van der Waals surface area contributed by atoms with Crippen LogP contribution in [0.2, 0.25) is 0 Å². The van der Waals surface area contributed by atoms with Crippen LogP contribution in [0.1, 0.15) is 29.7 Å². The van der Waals surface area contributed by atoms with Crippen molar-refractivity contribution in [2.24, 2.45) is 0 Å². The second-order valence-corrected chi connectivity index (χ2v) is 5.30. The van der Waals surface area contributed by atoms with E-state index in [0.717, 1.165) is 17.2 Å². The average molecular weight is 285 g/mol. The third-order valence-corrected chi connectivity index (χ3v) is 3.66. The molecule has 0 bridgehead atoms. The molecule has 1 unspecified atom stereocenters. The second kappa shape index (κ2) is 6.53. The Balaban J connectivity index is 2.21. The van der Waals surface area contributed by atoms with Gasteiger partial charge in [0.15, 0.2) is 11.5 Å². The van der Waals surface area contributed by atoms with E-state index in [-0.39, 0.29) is 6.04 Å². The molecule has 2 rings (SSSR count). The molecule has 3 nitrogen and oxygen atoms in total. The van der Waals surface area contributed by atoms with Crippen LogP contribution < -0.4 is 14.8 Å². The van der Waals surface area contributed by atoms with Gasteiger partial charge in [0.1, 0.15) is 0 Å². The second-order valence-electron chi connectivity index (χ2n) is 5.30. The lowest BCUT2D eigenvalue weighted by atomic mass is 10.00. The van der Waals surface area contributed by atoms with Crippen molar-refractivity contribution >= 4 is 5.69 Å². The molecule has 0 aromatic heterocycles.